The van der Waals surface area contributed by atoms with Crippen LogP contribution in [0.3, 0.4) is 0 Å². The van der Waals surface area contributed by atoms with Crippen molar-refractivity contribution in [3.63, 3.8) is 0 Å². The Morgan fingerprint density at radius 1 is 1.23 bits per heavy atom. The number of benzene rings is 1. The van der Waals surface area contributed by atoms with E-state index in [1.54, 1.807) is 49.1 Å². The fourth-order valence-electron chi connectivity index (χ4n) is 3.18. The van der Waals surface area contributed by atoms with Crippen LogP contribution in [0.1, 0.15) is 46.8 Å². The highest BCUT2D eigenvalue weighted by Crippen LogP contribution is 2.26. The van der Waals surface area contributed by atoms with Gasteiger partial charge in [0.25, 0.3) is 5.91 Å². The molecule has 2 aromatic rings. The van der Waals surface area contributed by atoms with Crippen LogP contribution in [-0.2, 0) is 9.53 Å². The monoisotopic (exact) mass is 439 g/mol. The molecular formula is C23H25N3O4S. The molecule has 0 unspecified atom stereocenters. The first-order chi connectivity index (χ1) is 14.7. The van der Waals surface area contributed by atoms with Gasteiger partial charge >= 0.3 is 6.09 Å². The van der Waals surface area contributed by atoms with Crippen molar-refractivity contribution >= 4 is 40.6 Å². The lowest BCUT2D eigenvalue weighted by Gasteiger charge is -2.26. The van der Waals surface area contributed by atoms with Crippen molar-refractivity contribution in [2.24, 2.45) is 0 Å². The molecule has 1 saturated heterocycles. The molecule has 7 nitrogen and oxygen atoms in total. The highest BCUT2D eigenvalue weighted by molar-refractivity contribution is 7.14. The van der Waals surface area contributed by atoms with Crippen LogP contribution in [-0.4, -0.2) is 36.6 Å². The molecule has 3 amide bonds. The maximum atomic E-state index is 12.8. The summed E-state index contributed by atoms with van der Waals surface area (Å²) in [4.78, 5) is 40.2. The van der Waals surface area contributed by atoms with Gasteiger partial charge in [0.2, 0.25) is 5.91 Å². The lowest BCUT2D eigenvalue weighted by molar-refractivity contribution is -0.120. The van der Waals surface area contributed by atoms with E-state index in [4.69, 9.17) is 11.2 Å². The van der Waals surface area contributed by atoms with Crippen molar-refractivity contribution in [1.82, 2.24) is 5.32 Å². The van der Waals surface area contributed by atoms with E-state index in [1.807, 2.05) is 6.92 Å². The number of terminal acetylenes is 1. The molecule has 0 atom stereocenters. The minimum atomic E-state index is -1.15. The molecule has 162 valence electrons. The number of cyclic esters (lactones) is 1. The zero-order valence-corrected chi connectivity index (χ0v) is 18.6. The van der Waals surface area contributed by atoms with Crippen LogP contribution in [0.25, 0.3) is 0 Å². The third-order valence-electron chi connectivity index (χ3n) is 4.93. The van der Waals surface area contributed by atoms with E-state index in [-0.39, 0.29) is 17.9 Å². The van der Waals surface area contributed by atoms with Gasteiger partial charge in [0.05, 0.1) is 22.0 Å². The van der Waals surface area contributed by atoms with Crippen LogP contribution in [0.2, 0.25) is 0 Å². The van der Waals surface area contributed by atoms with Gasteiger partial charge in [-0.25, -0.2) is 4.79 Å². The minimum absolute atomic E-state index is 0.359. The van der Waals surface area contributed by atoms with Gasteiger partial charge in [0, 0.05) is 12.2 Å². The number of hydrogen-bond acceptors (Lipinski definition) is 5. The molecule has 2 heterocycles. The lowest BCUT2D eigenvalue weighted by Crippen LogP contribution is -2.52. The van der Waals surface area contributed by atoms with Crippen molar-refractivity contribution in [1.29, 1.82) is 0 Å². The number of thiophene rings is 1. The van der Waals surface area contributed by atoms with Crippen LogP contribution >= 0.6 is 11.3 Å². The molecule has 3 rings (SSSR count). The summed E-state index contributed by atoms with van der Waals surface area (Å²) in [6, 6.07) is 8.64. The Kier molecular flexibility index (Phi) is 6.66. The number of anilines is 2. The smallest absolute Gasteiger partial charge is 0.414 e. The Labute approximate surface area is 185 Å². The Hall–Kier alpha value is -3.31. The Morgan fingerprint density at radius 3 is 2.68 bits per heavy atom. The van der Waals surface area contributed by atoms with Crippen molar-refractivity contribution < 1.29 is 19.1 Å². The first-order valence-electron chi connectivity index (χ1n) is 9.96. The van der Waals surface area contributed by atoms with Gasteiger partial charge < -0.3 is 15.4 Å². The van der Waals surface area contributed by atoms with Crippen LogP contribution in [0.15, 0.2) is 30.3 Å². The Morgan fingerprint density at radius 2 is 2.00 bits per heavy atom. The van der Waals surface area contributed by atoms with E-state index in [0.29, 0.717) is 28.6 Å². The quantitative estimate of drug-likeness (QED) is 0.691. The molecule has 0 spiro atoms. The number of amides is 3. The van der Waals surface area contributed by atoms with Crippen LogP contribution in [0.4, 0.5) is 16.2 Å². The number of nitrogens with one attached hydrogen (secondary N) is 2. The largest absolute Gasteiger partial charge is 0.449 e. The normalized spacial score (nSPS) is 14.3. The van der Waals surface area contributed by atoms with Crippen molar-refractivity contribution in [2.75, 3.05) is 23.4 Å². The van der Waals surface area contributed by atoms with E-state index in [1.165, 1.54) is 11.3 Å². The number of ether oxygens (including phenoxy) is 1. The van der Waals surface area contributed by atoms with E-state index < -0.39 is 5.54 Å². The molecule has 1 aromatic carbocycles. The molecule has 1 fully saturated rings. The number of rotatable bonds is 5. The second-order valence-electron chi connectivity index (χ2n) is 7.82. The molecule has 1 aliphatic heterocycles. The van der Waals surface area contributed by atoms with Gasteiger partial charge in [-0.05, 0) is 69.5 Å². The first kappa shape index (κ1) is 22.4. The molecule has 0 radical (unpaired) electrons. The van der Waals surface area contributed by atoms with Gasteiger partial charge in [-0.15, -0.1) is 17.8 Å². The van der Waals surface area contributed by atoms with E-state index in [9.17, 15) is 14.4 Å². The molecule has 0 bridgehead atoms. The van der Waals surface area contributed by atoms with E-state index >= 15 is 0 Å². The van der Waals surface area contributed by atoms with Gasteiger partial charge in [-0.3, -0.25) is 14.5 Å². The zero-order chi connectivity index (χ0) is 22.6. The van der Waals surface area contributed by atoms with Gasteiger partial charge in [0.1, 0.15) is 5.54 Å². The summed E-state index contributed by atoms with van der Waals surface area (Å²) < 4.78 is 5.21. The SMILES string of the molecule is C#Cc1ccc(C(=O)NC(C)(C)C(=O)Nc2ccc(N3CCCCOC3=O)c(C)c2)s1. The minimum Gasteiger partial charge on any atom is -0.449 e. The first-order valence-corrected chi connectivity index (χ1v) is 10.8. The number of carbonyl (C=O) groups excluding carboxylic acids is 3. The third-order valence-corrected chi connectivity index (χ3v) is 5.95. The molecule has 0 aliphatic carbocycles. The maximum absolute atomic E-state index is 12.8. The second-order valence-corrected chi connectivity index (χ2v) is 8.90. The van der Waals surface area contributed by atoms with Gasteiger partial charge in [-0.1, -0.05) is 5.92 Å². The molecule has 1 aliphatic rings. The Balaban J connectivity index is 1.68. The molecule has 2 N–H and O–H groups in total. The average Bonchev–Trinajstić information content (AvgIpc) is 3.11. The molecule has 1 aromatic heterocycles. The summed E-state index contributed by atoms with van der Waals surface area (Å²) in [5, 5.41) is 5.57. The predicted octanol–water partition coefficient (Wildman–Crippen LogP) is 3.92. The Bertz CT molecular complexity index is 1050. The van der Waals surface area contributed by atoms with Crippen LogP contribution < -0.4 is 15.5 Å². The second kappa shape index (κ2) is 9.23. The number of aryl methyl sites for hydroxylation is 1. The number of nitrogens with zero attached hydrogens (tertiary/aromatic N) is 1. The fraction of sp³-hybridized carbons (Fsp3) is 0.348. The van der Waals surface area contributed by atoms with Gasteiger partial charge in [0.15, 0.2) is 0 Å². The standard InChI is InChI=1S/C23H25N3O4S/c1-5-17-9-11-19(31-17)20(27)25-23(3,4)21(28)24-16-8-10-18(15(2)14-16)26-12-6-7-13-30-22(26)29/h1,8-11,14H,6-7,12-13H2,2-4H3,(H,24,28)(H,25,27). The van der Waals surface area contributed by atoms with Crippen molar-refractivity contribution in [3.8, 4) is 12.3 Å². The van der Waals surface area contributed by atoms with Crippen LogP contribution in [0, 0.1) is 19.3 Å². The lowest BCUT2D eigenvalue weighted by atomic mass is 10.0. The summed E-state index contributed by atoms with van der Waals surface area (Å²) in [7, 11) is 0. The molecular weight excluding hydrogens is 414 g/mol. The predicted molar refractivity (Wildman–Crippen MR) is 122 cm³/mol. The molecule has 31 heavy (non-hydrogen) atoms. The van der Waals surface area contributed by atoms with Crippen LogP contribution in [0.5, 0.6) is 0 Å². The third kappa shape index (κ3) is 5.25. The molecule has 8 heteroatoms. The van der Waals surface area contributed by atoms with E-state index in [0.717, 1.165) is 24.1 Å². The highest BCUT2D eigenvalue weighted by Gasteiger charge is 2.30. The average molecular weight is 440 g/mol. The maximum Gasteiger partial charge on any atom is 0.414 e. The summed E-state index contributed by atoms with van der Waals surface area (Å²) >= 11 is 1.19. The van der Waals surface area contributed by atoms with Gasteiger partial charge in [-0.2, -0.15) is 0 Å². The zero-order valence-electron chi connectivity index (χ0n) is 17.8. The van der Waals surface area contributed by atoms with Crippen molar-refractivity contribution in [3.05, 3.63) is 45.6 Å². The highest BCUT2D eigenvalue weighted by atomic mass is 32.1. The summed E-state index contributed by atoms with van der Waals surface area (Å²) in [5.41, 5.74) is 0.999. The number of hydrogen-bond donors (Lipinski definition) is 2. The summed E-state index contributed by atoms with van der Waals surface area (Å²) in [6.45, 7) is 6.15. The number of carbonyl (C=O) groups is 3. The topological polar surface area (TPSA) is 87.7 Å². The van der Waals surface area contributed by atoms with Crippen molar-refractivity contribution in [2.45, 2.75) is 39.2 Å². The molecule has 0 saturated carbocycles. The fourth-order valence-corrected chi connectivity index (χ4v) is 3.89. The summed E-state index contributed by atoms with van der Waals surface area (Å²) in [6.07, 6.45) is 6.69. The summed E-state index contributed by atoms with van der Waals surface area (Å²) in [5.74, 6) is 1.76. The van der Waals surface area contributed by atoms with E-state index in [2.05, 4.69) is 16.6 Å².